The zero-order chi connectivity index (χ0) is 25.5. The van der Waals surface area contributed by atoms with E-state index in [1.54, 1.807) is 12.1 Å². The summed E-state index contributed by atoms with van der Waals surface area (Å²) < 4.78 is 5.90. The van der Waals surface area contributed by atoms with Crippen molar-refractivity contribution in [3.05, 3.63) is 77.0 Å². The van der Waals surface area contributed by atoms with Crippen molar-refractivity contribution in [2.45, 2.75) is 57.3 Å². The molecule has 1 fully saturated rings. The number of rotatable bonds is 9. The molecule has 6 nitrogen and oxygen atoms in total. The van der Waals surface area contributed by atoms with Crippen LogP contribution in [0.15, 0.2) is 54.7 Å². The molecule has 1 aliphatic heterocycles. The number of hydrogen-bond acceptors (Lipinski definition) is 6. The van der Waals surface area contributed by atoms with Crippen LogP contribution in [0.5, 0.6) is 17.4 Å². The molecule has 0 spiro atoms. The van der Waals surface area contributed by atoms with E-state index in [1.807, 2.05) is 36.5 Å². The second kappa shape index (κ2) is 12.3. The first-order valence-corrected chi connectivity index (χ1v) is 13.8. The Labute approximate surface area is 220 Å². The highest BCUT2D eigenvalue weighted by atomic mass is 16.5. The van der Waals surface area contributed by atoms with Crippen LogP contribution >= 0.6 is 0 Å². The number of aromatic hydroxyl groups is 2. The standard InChI is InChI=1S/C31H39N3O3/c35-27-9-8-24-19-26(7-6-25(24)20-27)29-11-10-28(36)21-30(29)32-14-13-23-5-12-31(33-22-23)37-18-17-34-15-3-1-2-4-16-34/h5,8-12,20-22,26,32,35-36H,1-4,6-7,13-19H2. The van der Waals surface area contributed by atoms with Gasteiger partial charge in [-0.15, -0.1) is 0 Å². The molecule has 1 saturated heterocycles. The summed E-state index contributed by atoms with van der Waals surface area (Å²) in [6, 6.07) is 15.4. The Morgan fingerprint density at radius 1 is 0.919 bits per heavy atom. The molecule has 0 amide bonds. The van der Waals surface area contributed by atoms with Crippen molar-refractivity contribution in [3.63, 3.8) is 0 Å². The van der Waals surface area contributed by atoms with Crippen molar-refractivity contribution in [1.82, 2.24) is 9.88 Å². The van der Waals surface area contributed by atoms with Gasteiger partial charge in [0.25, 0.3) is 0 Å². The van der Waals surface area contributed by atoms with Crippen molar-refractivity contribution in [3.8, 4) is 17.4 Å². The number of phenols is 2. The van der Waals surface area contributed by atoms with E-state index in [1.165, 1.54) is 55.5 Å². The van der Waals surface area contributed by atoms with E-state index in [0.717, 1.165) is 50.0 Å². The predicted molar refractivity (Wildman–Crippen MR) is 148 cm³/mol. The number of phenolic OH excluding ortho intramolecular Hbond substituents is 2. The largest absolute Gasteiger partial charge is 0.508 e. The minimum Gasteiger partial charge on any atom is -0.508 e. The third-order valence-electron chi connectivity index (χ3n) is 7.78. The normalized spacial score (nSPS) is 18.1. The molecule has 1 aromatic heterocycles. The van der Waals surface area contributed by atoms with Gasteiger partial charge in [-0.3, -0.25) is 4.90 Å². The van der Waals surface area contributed by atoms with E-state index >= 15 is 0 Å². The van der Waals surface area contributed by atoms with Crippen molar-refractivity contribution in [2.24, 2.45) is 0 Å². The van der Waals surface area contributed by atoms with E-state index in [0.29, 0.717) is 24.2 Å². The number of pyridine rings is 1. The van der Waals surface area contributed by atoms with Gasteiger partial charge in [-0.05, 0) is 98.0 Å². The molecule has 2 aromatic carbocycles. The fourth-order valence-electron chi connectivity index (χ4n) is 5.69. The molecule has 1 aliphatic carbocycles. The van der Waals surface area contributed by atoms with Crippen LogP contribution in [0.2, 0.25) is 0 Å². The van der Waals surface area contributed by atoms with Gasteiger partial charge < -0.3 is 20.3 Å². The third-order valence-corrected chi connectivity index (χ3v) is 7.78. The minimum absolute atomic E-state index is 0.274. The summed E-state index contributed by atoms with van der Waals surface area (Å²) >= 11 is 0. The van der Waals surface area contributed by atoms with Crippen LogP contribution in [0.1, 0.15) is 60.3 Å². The molecule has 2 aliphatic rings. The van der Waals surface area contributed by atoms with Gasteiger partial charge in [-0.1, -0.05) is 31.0 Å². The van der Waals surface area contributed by atoms with Crippen LogP contribution in [0, 0.1) is 0 Å². The molecule has 5 rings (SSSR count). The molecule has 3 aromatic rings. The zero-order valence-electron chi connectivity index (χ0n) is 21.7. The second-order valence-corrected chi connectivity index (χ2v) is 10.5. The van der Waals surface area contributed by atoms with Crippen LogP contribution < -0.4 is 10.1 Å². The first-order valence-electron chi connectivity index (χ1n) is 13.8. The quantitative estimate of drug-likeness (QED) is 0.350. The topological polar surface area (TPSA) is 77.8 Å². The number of likely N-dealkylation sites (tertiary alicyclic amines) is 1. The van der Waals surface area contributed by atoms with E-state index in [4.69, 9.17) is 4.74 Å². The molecular weight excluding hydrogens is 462 g/mol. The minimum atomic E-state index is 0.274. The highest BCUT2D eigenvalue weighted by Crippen LogP contribution is 2.38. The SMILES string of the molecule is Oc1ccc2c(c1)CCC(c1ccc(O)cc1NCCc1ccc(OCCN3CCCCCC3)nc1)C2. The van der Waals surface area contributed by atoms with Gasteiger partial charge in [0.1, 0.15) is 18.1 Å². The molecule has 0 radical (unpaired) electrons. The Kier molecular flexibility index (Phi) is 8.46. The molecule has 196 valence electrons. The third kappa shape index (κ3) is 6.95. The fourth-order valence-corrected chi connectivity index (χ4v) is 5.69. The number of aromatic nitrogens is 1. The van der Waals surface area contributed by atoms with Crippen LogP contribution in [-0.4, -0.2) is 52.9 Å². The number of hydrogen-bond donors (Lipinski definition) is 3. The summed E-state index contributed by atoms with van der Waals surface area (Å²) in [5.41, 5.74) is 5.93. The van der Waals surface area contributed by atoms with Crippen molar-refractivity contribution >= 4 is 5.69 Å². The number of aryl methyl sites for hydroxylation is 1. The summed E-state index contributed by atoms with van der Waals surface area (Å²) in [5.74, 6) is 1.68. The maximum Gasteiger partial charge on any atom is 0.213 e. The fraction of sp³-hybridized carbons (Fsp3) is 0.452. The summed E-state index contributed by atoms with van der Waals surface area (Å²) in [6.45, 7) is 4.77. The van der Waals surface area contributed by atoms with E-state index in [9.17, 15) is 10.2 Å². The summed E-state index contributed by atoms with van der Waals surface area (Å²) in [4.78, 5) is 7.01. The Morgan fingerprint density at radius 3 is 2.54 bits per heavy atom. The lowest BCUT2D eigenvalue weighted by Gasteiger charge is -2.27. The molecule has 0 bridgehead atoms. The van der Waals surface area contributed by atoms with Gasteiger partial charge in [-0.25, -0.2) is 4.98 Å². The summed E-state index contributed by atoms with van der Waals surface area (Å²) in [7, 11) is 0. The van der Waals surface area contributed by atoms with Crippen LogP contribution in [0.25, 0.3) is 0 Å². The number of nitrogens with zero attached hydrogens (tertiary/aromatic N) is 2. The average molecular weight is 502 g/mol. The highest BCUT2D eigenvalue weighted by Gasteiger charge is 2.23. The van der Waals surface area contributed by atoms with Gasteiger partial charge in [0.05, 0.1) is 0 Å². The smallest absolute Gasteiger partial charge is 0.213 e. The van der Waals surface area contributed by atoms with Crippen LogP contribution in [-0.2, 0) is 19.3 Å². The Balaban J connectivity index is 1.12. The predicted octanol–water partition coefficient (Wildman–Crippen LogP) is 5.67. The first-order chi connectivity index (χ1) is 18.1. The lowest BCUT2D eigenvalue weighted by Crippen LogP contribution is -2.29. The molecule has 6 heteroatoms. The second-order valence-electron chi connectivity index (χ2n) is 10.5. The van der Waals surface area contributed by atoms with Crippen molar-refractivity contribution in [2.75, 3.05) is 38.1 Å². The van der Waals surface area contributed by atoms with Crippen molar-refractivity contribution in [1.29, 1.82) is 0 Å². The molecule has 37 heavy (non-hydrogen) atoms. The maximum atomic E-state index is 10.1. The Hall–Kier alpha value is -3.25. The molecular formula is C31H39N3O3. The first kappa shape index (κ1) is 25.4. The lowest BCUT2D eigenvalue weighted by atomic mass is 9.79. The monoisotopic (exact) mass is 501 g/mol. The Bertz CT molecular complexity index is 1160. The maximum absolute atomic E-state index is 10.1. The number of benzene rings is 2. The van der Waals surface area contributed by atoms with E-state index in [-0.39, 0.29) is 5.75 Å². The van der Waals surface area contributed by atoms with Crippen molar-refractivity contribution < 1.29 is 14.9 Å². The summed E-state index contributed by atoms with van der Waals surface area (Å²) in [5, 5.41) is 23.5. The molecule has 2 heterocycles. The number of anilines is 1. The Morgan fingerprint density at radius 2 is 1.73 bits per heavy atom. The molecule has 0 saturated carbocycles. The van der Waals surface area contributed by atoms with Gasteiger partial charge in [-0.2, -0.15) is 0 Å². The highest BCUT2D eigenvalue weighted by molar-refractivity contribution is 5.57. The molecule has 3 N–H and O–H groups in total. The molecule has 1 atom stereocenters. The average Bonchev–Trinajstić information content (AvgIpc) is 3.18. The van der Waals surface area contributed by atoms with Crippen LogP contribution in [0.4, 0.5) is 5.69 Å². The lowest BCUT2D eigenvalue weighted by molar-refractivity contribution is 0.209. The zero-order valence-corrected chi connectivity index (χ0v) is 21.7. The summed E-state index contributed by atoms with van der Waals surface area (Å²) in [6.07, 6.45) is 11.0. The number of fused-ring (bicyclic) bond motifs is 1. The number of ether oxygens (including phenoxy) is 1. The van der Waals surface area contributed by atoms with Gasteiger partial charge >= 0.3 is 0 Å². The van der Waals surface area contributed by atoms with E-state index < -0.39 is 0 Å². The van der Waals surface area contributed by atoms with Gasteiger partial charge in [0.15, 0.2) is 0 Å². The van der Waals surface area contributed by atoms with Gasteiger partial charge in [0, 0.05) is 37.1 Å². The van der Waals surface area contributed by atoms with Gasteiger partial charge in [0.2, 0.25) is 5.88 Å². The molecule has 1 unspecified atom stereocenters. The van der Waals surface area contributed by atoms with E-state index in [2.05, 4.69) is 21.3 Å². The van der Waals surface area contributed by atoms with Crippen LogP contribution in [0.3, 0.4) is 0 Å². The number of nitrogens with one attached hydrogen (secondary N) is 1.